The van der Waals surface area contributed by atoms with Gasteiger partial charge in [-0.1, -0.05) is 0 Å². The first-order valence-electron chi connectivity index (χ1n) is 3.49. The van der Waals surface area contributed by atoms with Crippen LogP contribution in [0, 0.1) is 0 Å². The lowest BCUT2D eigenvalue weighted by Gasteiger charge is -2.20. The van der Waals surface area contributed by atoms with Crippen LogP contribution in [0.2, 0.25) is 0 Å². The van der Waals surface area contributed by atoms with Crippen LogP contribution in [-0.4, -0.2) is 50.3 Å². The quantitative estimate of drug-likeness (QED) is 0.485. The molecule has 0 spiro atoms. The SMILES string of the molecule is CN1CCN(C)CN=NC1. The molecular formula is C6H14N4. The molecule has 1 rings (SSSR count). The Bertz CT molecular complexity index is 109. The summed E-state index contributed by atoms with van der Waals surface area (Å²) < 4.78 is 0. The Labute approximate surface area is 61.5 Å². The van der Waals surface area contributed by atoms with Crippen molar-refractivity contribution >= 4 is 0 Å². The molecule has 1 heterocycles. The topological polar surface area (TPSA) is 31.2 Å². The molecule has 4 nitrogen and oxygen atoms in total. The van der Waals surface area contributed by atoms with Gasteiger partial charge < -0.3 is 0 Å². The van der Waals surface area contributed by atoms with Crippen molar-refractivity contribution in [1.82, 2.24) is 9.80 Å². The number of hydrogen-bond acceptors (Lipinski definition) is 4. The molecule has 0 bridgehead atoms. The number of nitrogens with zero attached hydrogens (tertiary/aromatic N) is 4. The van der Waals surface area contributed by atoms with Crippen molar-refractivity contribution in [2.75, 3.05) is 40.5 Å². The summed E-state index contributed by atoms with van der Waals surface area (Å²) in [5.74, 6) is 0. The molecule has 0 aromatic heterocycles. The zero-order chi connectivity index (χ0) is 7.40. The highest BCUT2D eigenvalue weighted by Gasteiger charge is 2.02. The van der Waals surface area contributed by atoms with Gasteiger partial charge in [0.1, 0.15) is 13.3 Å². The van der Waals surface area contributed by atoms with Crippen molar-refractivity contribution in [3.05, 3.63) is 0 Å². The third-order valence-corrected chi connectivity index (χ3v) is 1.57. The maximum Gasteiger partial charge on any atom is 0.112 e. The zero-order valence-electron chi connectivity index (χ0n) is 6.62. The van der Waals surface area contributed by atoms with Crippen LogP contribution in [0.1, 0.15) is 0 Å². The fraction of sp³-hybridized carbons (Fsp3) is 1.00. The van der Waals surface area contributed by atoms with Crippen molar-refractivity contribution in [3.8, 4) is 0 Å². The molecule has 0 amide bonds. The van der Waals surface area contributed by atoms with Crippen LogP contribution in [-0.2, 0) is 0 Å². The first-order chi connectivity index (χ1) is 4.79. The van der Waals surface area contributed by atoms with Gasteiger partial charge in [0.25, 0.3) is 0 Å². The van der Waals surface area contributed by atoms with Crippen molar-refractivity contribution in [2.24, 2.45) is 10.2 Å². The van der Waals surface area contributed by atoms with Gasteiger partial charge in [0.2, 0.25) is 0 Å². The summed E-state index contributed by atoms with van der Waals surface area (Å²) in [4.78, 5) is 4.30. The van der Waals surface area contributed by atoms with Crippen molar-refractivity contribution in [3.63, 3.8) is 0 Å². The van der Waals surface area contributed by atoms with Gasteiger partial charge in [0.05, 0.1) is 0 Å². The van der Waals surface area contributed by atoms with Gasteiger partial charge in [0, 0.05) is 13.1 Å². The number of rotatable bonds is 0. The van der Waals surface area contributed by atoms with Gasteiger partial charge in [-0.15, -0.1) is 0 Å². The third-order valence-electron chi connectivity index (χ3n) is 1.57. The highest BCUT2D eigenvalue weighted by molar-refractivity contribution is 4.56. The van der Waals surface area contributed by atoms with E-state index in [1.165, 1.54) is 0 Å². The first kappa shape index (κ1) is 7.63. The third kappa shape index (κ3) is 2.41. The van der Waals surface area contributed by atoms with Crippen LogP contribution in [0.4, 0.5) is 0 Å². The summed E-state index contributed by atoms with van der Waals surface area (Å²) in [6.45, 7) is 3.65. The maximum atomic E-state index is 3.97. The predicted molar refractivity (Wildman–Crippen MR) is 39.9 cm³/mol. The van der Waals surface area contributed by atoms with E-state index < -0.39 is 0 Å². The van der Waals surface area contributed by atoms with Gasteiger partial charge in [-0.25, -0.2) is 0 Å². The fourth-order valence-electron chi connectivity index (χ4n) is 0.788. The molecule has 0 atom stereocenters. The summed E-state index contributed by atoms with van der Waals surface area (Å²) in [5.41, 5.74) is 0. The van der Waals surface area contributed by atoms with Gasteiger partial charge in [0.15, 0.2) is 0 Å². The van der Waals surface area contributed by atoms with E-state index in [0.717, 1.165) is 26.4 Å². The van der Waals surface area contributed by atoms with E-state index >= 15 is 0 Å². The van der Waals surface area contributed by atoms with E-state index in [4.69, 9.17) is 0 Å². The van der Waals surface area contributed by atoms with Crippen LogP contribution in [0.3, 0.4) is 0 Å². The second-order valence-electron chi connectivity index (χ2n) is 2.73. The standard InChI is InChI=1S/C6H14N4/c1-9-3-4-10(2)6-8-7-5-9/h3-6H2,1-2H3. The summed E-state index contributed by atoms with van der Waals surface area (Å²) >= 11 is 0. The highest BCUT2D eigenvalue weighted by Crippen LogP contribution is 1.92. The molecular weight excluding hydrogens is 128 g/mol. The second-order valence-corrected chi connectivity index (χ2v) is 2.73. The molecule has 1 aliphatic rings. The maximum absolute atomic E-state index is 3.97. The van der Waals surface area contributed by atoms with Gasteiger partial charge in [-0.2, -0.15) is 10.2 Å². The van der Waals surface area contributed by atoms with Gasteiger partial charge in [-0.05, 0) is 14.1 Å². The molecule has 0 N–H and O–H groups in total. The Morgan fingerprint density at radius 2 is 1.30 bits per heavy atom. The van der Waals surface area contributed by atoms with Gasteiger partial charge in [-0.3, -0.25) is 9.80 Å². The summed E-state index contributed by atoms with van der Waals surface area (Å²) in [7, 11) is 4.11. The van der Waals surface area contributed by atoms with Crippen LogP contribution in [0.5, 0.6) is 0 Å². The first-order valence-corrected chi connectivity index (χ1v) is 3.49. The average Bonchev–Trinajstić information content (AvgIpc) is 1.90. The Balaban J connectivity index is 2.37. The Morgan fingerprint density at radius 1 is 0.900 bits per heavy atom. The smallest absolute Gasteiger partial charge is 0.112 e. The number of hydrogen-bond donors (Lipinski definition) is 0. The lowest BCUT2D eigenvalue weighted by atomic mass is 10.5. The number of likely N-dealkylation sites (N-methyl/N-ethyl adjacent to an activating group) is 2. The molecule has 10 heavy (non-hydrogen) atoms. The lowest BCUT2D eigenvalue weighted by Crippen LogP contribution is -2.32. The largest absolute Gasteiger partial charge is 0.285 e. The van der Waals surface area contributed by atoms with Crippen molar-refractivity contribution in [2.45, 2.75) is 0 Å². The molecule has 4 heteroatoms. The second kappa shape index (κ2) is 3.63. The zero-order valence-corrected chi connectivity index (χ0v) is 6.62. The van der Waals surface area contributed by atoms with Crippen LogP contribution >= 0.6 is 0 Å². The summed E-state index contributed by atoms with van der Waals surface area (Å²) in [5, 5.41) is 7.94. The Morgan fingerprint density at radius 3 is 1.70 bits per heavy atom. The monoisotopic (exact) mass is 142 g/mol. The molecule has 0 aromatic carbocycles. The lowest BCUT2D eigenvalue weighted by molar-refractivity contribution is 0.239. The number of azo groups is 1. The molecule has 58 valence electrons. The van der Waals surface area contributed by atoms with Crippen LogP contribution in [0.15, 0.2) is 10.2 Å². The van der Waals surface area contributed by atoms with Crippen molar-refractivity contribution < 1.29 is 0 Å². The van der Waals surface area contributed by atoms with E-state index in [2.05, 4.69) is 34.1 Å². The Hall–Kier alpha value is -0.480. The van der Waals surface area contributed by atoms with Crippen LogP contribution in [0.25, 0.3) is 0 Å². The minimum Gasteiger partial charge on any atom is -0.285 e. The van der Waals surface area contributed by atoms with Crippen LogP contribution < -0.4 is 0 Å². The molecule has 0 fully saturated rings. The highest BCUT2D eigenvalue weighted by atomic mass is 15.3. The molecule has 0 unspecified atom stereocenters. The van der Waals surface area contributed by atoms with Crippen molar-refractivity contribution in [1.29, 1.82) is 0 Å². The van der Waals surface area contributed by atoms with Gasteiger partial charge >= 0.3 is 0 Å². The molecule has 0 aromatic rings. The summed E-state index contributed by atoms with van der Waals surface area (Å²) in [6.07, 6.45) is 0. The Kier molecular flexibility index (Phi) is 2.77. The van der Waals surface area contributed by atoms with E-state index in [0.29, 0.717) is 0 Å². The fourth-order valence-corrected chi connectivity index (χ4v) is 0.788. The minimum atomic E-state index is 0.744. The average molecular weight is 142 g/mol. The molecule has 0 aliphatic carbocycles. The van der Waals surface area contributed by atoms with E-state index in [1.54, 1.807) is 0 Å². The molecule has 0 radical (unpaired) electrons. The predicted octanol–water partition coefficient (Wildman–Crippen LogP) is 0.231. The molecule has 1 aliphatic heterocycles. The van der Waals surface area contributed by atoms with E-state index in [-0.39, 0.29) is 0 Å². The minimum absolute atomic E-state index is 0.744. The molecule has 0 saturated carbocycles. The van der Waals surface area contributed by atoms with E-state index in [1.807, 2.05) is 0 Å². The normalized spacial score (nSPS) is 24.2. The molecule has 0 saturated heterocycles. The summed E-state index contributed by atoms with van der Waals surface area (Å²) in [6, 6.07) is 0. The van der Waals surface area contributed by atoms with E-state index in [9.17, 15) is 0 Å².